The van der Waals surface area contributed by atoms with Crippen molar-refractivity contribution in [2.24, 2.45) is 0 Å². The fourth-order valence-electron chi connectivity index (χ4n) is 7.20. The summed E-state index contributed by atoms with van der Waals surface area (Å²) >= 11 is 0. The molecule has 0 amide bonds. The van der Waals surface area contributed by atoms with Gasteiger partial charge in [0.15, 0.2) is 11.2 Å². The van der Waals surface area contributed by atoms with Crippen molar-refractivity contribution in [3.05, 3.63) is 0 Å². The summed E-state index contributed by atoms with van der Waals surface area (Å²) in [4.78, 5) is 73.2. The minimum atomic E-state index is -3.06. The van der Waals surface area contributed by atoms with Crippen molar-refractivity contribution in [3.8, 4) is 0 Å². The molecule has 4 N–H and O–H groups in total. The van der Waals surface area contributed by atoms with Crippen LogP contribution in [0.2, 0.25) is 0 Å². The van der Waals surface area contributed by atoms with E-state index in [1.54, 1.807) is 0 Å². The normalized spacial score (nSPS) is 13.1. The molecule has 0 aromatic heterocycles. The molecule has 14 heteroatoms. The predicted molar refractivity (Wildman–Crippen MR) is 234 cm³/mol. The zero-order valence-corrected chi connectivity index (χ0v) is 36.9. The summed E-state index contributed by atoms with van der Waals surface area (Å²) in [6.07, 6.45) is 29.9. The van der Waals surface area contributed by atoms with Gasteiger partial charge in [-0.3, -0.25) is 19.2 Å². The Morgan fingerprint density at radius 3 is 1.05 bits per heavy atom. The standard InChI is InChI=1S/C46H82O13.Na.H/c1-3-5-7-9-11-13-15-17-19-20-22-24-26-28-30-32-34-58-46(44(54)55,38-42(51)59-41(50)36-45(56,43(52)53)35-39(47)48)37-40(49)57-33-31-29-27-25-23-21-18-16-14-12-10-8-6-4-2;;/h56H,3-38H2,1-2H3,(H,47,48)(H,52,53)(H,54,55);;. The third kappa shape index (κ3) is 33.6. The van der Waals surface area contributed by atoms with Gasteiger partial charge in [0.1, 0.15) is 0 Å². The maximum absolute atomic E-state index is 12.9. The number of carbonyl (C=O) groups excluding carboxylic acids is 3. The summed E-state index contributed by atoms with van der Waals surface area (Å²) in [5, 5.41) is 38.6. The number of unbranched alkanes of at least 4 members (excludes halogenated alkanes) is 28. The molecule has 0 saturated carbocycles. The Hall–Kier alpha value is -2.06. The molecule has 0 aromatic rings. The van der Waals surface area contributed by atoms with Gasteiger partial charge in [-0.15, -0.1) is 0 Å². The molecule has 0 aliphatic rings. The molecule has 2 unspecified atom stereocenters. The summed E-state index contributed by atoms with van der Waals surface area (Å²) in [6.45, 7) is 4.42. The van der Waals surface area contributed by atoms with E-state index in [9.17, 15) is 44.1 Å². The predicted octanol–water partition coefficient (Wildman–Crippen LogP) is 9.99. The quantitative estimate of drug-likeness (QED) is 0.0195. The van der Waals surface area contributed by atoms with Crippen LogP contribution in [-0.2, 0) is 43.0 Å². The summed E-state index contributed by atoms with van der Waals surface area (Å²) in [5.41, 5.74) is -5.50. The Kier molecular flexibility index (Phi) is 39.8. The zero-order chi connectivity index (χ0) is 44.0. The first-order valence-corrected chi connectivity index (χ1v) is 23.3. The Balaban J connectivity index is 0. The molecular formula is C46H83NaO13. The van der Waals surface area contributed by atoms with Crippen LogP contribution < -0.4 is 0 Å². The van der Waals surface area contributed by atoms with Gasteiger partial charge in [-0.1, -0.05) is 194 Å². The van der Waals surface area contributed by atoms with Crippen LogP contribution in [0.4, 0.5) is 0 Å². The number of carbonyl (C=O) groups is 6. The Morgan fingerprint density at radius 2 is 0.717 bits per heavy atom. The third-order valence-corrected chi connectivity index (χ3v) is 10.9. The Morgan fingerprint density at radius 1 is 0.400 bits per heavy atom. The SMILES string of the molecule is CCCCCCCCCCCCCCCCCCOC(CC(=O)OCCCCCCCCCCCCCCCC)(CC(=O)OC(=O)CC(O)(CC(=O)O)C(=O)O)C(=O)O.[NaH]. The van der Waals surface area contributed by atoms with Crippen LogP contribution in [0.5, 0.6) is 0 Å². The molecule has 0 aromatic carbocycles. The van der Waals surface area contributed by atoms with Crippen molar-refractivity contribution in [2.45, 2.75) is 243 Å². The van der Waals surface area contributed by atoms with Crippen LogP contribution >= 0.6 is 0 Å². The molecule has 60 heavy (non-hydrogen) atoms. The van der Waals surface area contributed by atoms with Crippen molar-refractivity contribution in [2.75, 3.05) is 13.2 Å². The van der Waals surface area contributed by atoms with Crippen LogP contribution in [0.3, 0.4) is 0 Å². The van der Waals surface area contributed by atoms with E-state index in [4.69, 9.17) is 14.6 Å². The number of hydrogen-bond acceptors (Lipinski definition) is 10. The summed E-state index contributed by atoms with van der Waals surface area (Å²) in [7, 11) is 0. The average Bonchev–Trinajstić information content (AvgIpc) is 3.16. The van der Waals surface area contributed by atoms with Gasteiger partial charge in [-0.05, 0) is 12.8 Å². The first kappa shape index (κ1) is 60.0. The van der Waals surface area contributed by atoms with Gasteiger partial charge in [0.2, 0.25) is 0 Å². The van der Waals surface area contributed by atoms with E-state index in [0.29, 0.717) is 12.8 Å². The molecular weight excluding hydrogens is 783 g/mol. The van der Waals surface area contributed by atoms with Gasteiger partial charge >= 0.3 is 65.4 Å². The van der Waals surface area contributed by atoms with Gasteiger partial charge in [0.05, 0.1) is 32.3 Å². The molecule has 0 rings (SSSR count). The number of ether oxygens (including phenoxy) is 3. The van der Waals surface area contributed by atoms with Gasteiger partial charge < -0.3 is 34.6 Å². The third-order valence-electron chi connectivity index (χ3n) is 10.9. The molecule has 0 saturated heterocycles. The minimum absolute atomic E-state index is 0. The maximum atomic E-state index is 12.9. The molecule has 346 valence electrons. The second-order valence-electron chi connectivity index (χ2n) is 16.6. The van der Waals surface area contributed by atoms with Gasteiger partial charge in [-0.2, -0.15) is 0 Å². The second kappa shape index (κ2) is 39.8. The number of esters is 3. The van der Waals surface area contributed by atoms with Crippen molar-refractivity contribution in [1.29, 1.82) is 0 Å². The number of aliphatic carboxylic acids is 3. The van der Waals surface area contributed by atoms with Crippen molar-refractivity contribution in [3.63, 3.8) is 0 Å². The molecule has 0 aliphatic carbocycles. The molecule has 0 fully saturated rings. The molecule has 0 radical (unpaired) electrons. The molecule has 0 spiro atoms. The van der Waals surface area contributed by atoms with E-state index in [0.717, 1.165) is 57.8 Å². The van der Waals surface area contributed by atoms with E-state index >= 15 is 0 Å². The van der Waals surface area contributed by atoms with Crippen molar-refractivity contribution >= 4 is 65.4 Å². The van der Waals surface area contributed by atoms with Gasteiger partial charge in [0.25, 0.3) is 0 Å². The van der Waals surface area contributed by atoms with E-state index in [1.807, 2.05) is 0 Å². The van der Waals surface area contributed by atoms with Crippen LogP contribution in [0.15, 0.2) is 0 Å². The van der Waals surface area contributed by atoms with E-state index in [1.165, 1.54) is 122 Å². The van der Waals surface area contributed by atoms with Crippen molar-refractivity contribution < 1.29 is 63.4 Å². The van der Waals surface area contributed by atoms with Crippen molar-refractivity contribution in [1.82, 2.24) is 0 Å². The van der Waals surface area contributed by atoms with Gasteiger partial charge in [-0.25, -0.2) is 9.59 Å². The molecule has 0 heterocycles. The van der Waals surface area contributed by atoms with E-state index < -0.39 is 72.7 Å². The zero-order valence-electron chi connectivity index (χ0n) is 36.9. The van der Waals surface area contributed by atoms with Gasteiger partial charge in [0, 0.05) is 6.61 Å². The van der Waals surface area contributed by atoms with Crippen LogP contribution in [0.25, 0.3) is 0 Å². The Labute approximate surface area is 383 Å². The Bertz CT molecular complexity index is 1150. The average molecular weight is 867 g/mol. The first-order chi connectivity index (χ1) is 28.3. The topological polar surface area (TPSA) is 211 Å². The fraction of sp³-hybridized carbons (Fsp3) is 0.870. The second-order valence-corrected chi connectivity index (χ2v) is 16.6. The number of carboxylic acid groups (broad SMARTS) is 3. The van der Waals surface area contributed by atoms with Crippen LogP contribution in [0.1, 0.15) is 232 Å². The number of rotatable bonds is 43. The monoisotopic (exact) mass is 867 g/mol. The number of carboxylic acids is 3. The summed E-state index contributed by atoms with van der Waals surface area (Å²) in [5.74, 6) is -9.33. The fourth-order valence-corrected chi connectivity index (χ4v) is 7.20. The molecule has 13 nitrogen and oxygen atoms in total. The molecule has 0 aliphatic heterocycles. The molecule has 2 atom stereocenters. The van der Waals surface area contributed by atoms with Crippen LogP contribution in [0, 0.1) is 0 Å². The summed E-state index contributed by atoms with van der Waals surface area (Å²) in [6, 6.07) is 0. The van der Waals surface area contributed by atoms with E-state index in [2.05, 4.69) is 18.6 Å². The van der Waals surface area contributed by atoms with Crippen LogP contribution in [-0.4, -0.2) is 110 Å². The molecule has 0 bridgehead atoms. The first-order valence-electron chi connectivity index (χ1n) is 23.3. The summed E-state index contributed by atoms with van der Waals surface area (Å²) < 4.78 is 15.7. The van der Waals surface area contributed by atoms with E-state index in [-0.39, 0.29) is 42.8 Å². The number of aliphatic hydroxyl groups is 1. The number of hydrogen-bond donors (Lipinski definition) is 4.